The van der Waals surface area contributed by atoms with Crippen LogP contribution >= 0.6 is 0 Å². The molecule has 0 unspecified atom stereocenters. The molecule has 0 saturated heterocycles. The van der Waals surface area contributed by atoms with Crippen molar-refractivity contribution in [2.45, 2.75) is 19.3 Å². The molecule has 0 amide bonds. The fourth-order valence-electron chi connectivity index (χ4n) is 1.77. The van der Waals surface area contributed by atoms with Crippen LogP contribution in [-0.2, 0) is 12.8 Å². The zero-order valence-electron chi connectivity index (χ0n) is 7.66. The minimum Gasteiger partial charge on any atom is -0.261 e. The van der Waals surface area contributed by atoms with E-state index in [0.717, 1.165) is 19.3 Å². The first-order valence-corrected chi connectivity index (χ1v) is 4.63. The van der Waals surface area contributed by atoms with E-state index < -0.39 is 0 Å². The minimum atomic E-state index is 1.00. The molecule has 66 valence electrons. The van der Waals surface area contributed by atoms with Crippen LogP contribution in [-0.4, -0.2) is 4.98 Å². The Morgan fingerprint density at radius 2 is 2.31 bits per heavy atom. The van der Waals surface area contributed by atoms with Crippen molar-refractivity contribution < 1.29 is 0 Å². The van der Waals surface area contributed by atoms with Crippen molar-refractivity contribution in [3.05, 3.63) is 53.9 Å². The normalized spacial score (nSPS) is 18.3. The van der Waals surface area contributed by atoms with Crippen LogP contribution in [0.3, 0.4) is 0 Å². The lowest BCUT2D eigenvalue weighted by atomic mass is 9.91. The second kappa shape index (κ2) is 3.56. The van der Waals surface area contributed by atoms with E-state index in [2.05, 4.69) is 23.7 Å². The summed E-state index contributed by atoms with van der Waals surface area (Å²) in [7, 11) is 0. The Bertz CT molecular complexity index is 350. The molecule has 13 heavy (non-hydrogen) atoms. The first-order chi connectivity index (χ1) is 6.40. The second-order valence-electron chi connectivity index (χ2n) is 3.35. The van der Waals surface area contributed by atoms with Crippen molar-refractivity contribution in [2.24, 2.45) is 0 Å². The highest BCUT2D eigenvalue weighted by Crippen LogP contribution is 2.22. The van der Waals surface area contributed by atoms with E-state index in [4.69, 9.17) is 0 Å². The van der Waals surface area contributed by atoms with Crippen LogP contribution in [0.15, 0.2) is 42.6 Å². The lowest BCUT2D eigenvalue weighted by Crippen LogP contribution is -2.07. The summed E-state index contributed by atoms with van der Waals surface area (Å²) in [6.07, 6.45) is 9.13. The molecule has 1 heterocycles. The van der Waals surface area contributed by atoms with E-state index in [9.17, 15) is 0 Å². The van der Waals surface area contributed by atoms with Crippen LogP contribution in [0.25, 0.3) is 0 Å². The van der Waals surface area contributed by atoms with E-state index in [1.54, 1.807) is 0 Å². The summed E-state index contributed by atoms with van der Waals surface area (Å²) in [6.45, 7) is 3.71. The van der Waals surface area contributed by atoms with Gasteiger partial charge in [-0.2, -0.15) is 0 Å². The number of aryl methyl sites for hydroxylation is 1. The molecule has 0 aliphatic heterocycles. The number of aromatic nitrogens is 1. The van der Waals surface area contributed by atoms with Crippen LogP contribution in [0.5, 0.6) is 0 Å². The van der Waals surface area contributed by atoms with Gasteiger partial charge in [-0.15, -0.1) is 0 Å². The Labute approximate surface area is 78.8 Å². The fraction of sp³-hybridized carbons (Fsp3) is 0.250. The molecular formula is C12H13N. The van der Waals surface area contributed by atoms with Crippen LogP contribution < -0.4 is 0 Å². The van der Waals surface area contributed by atoms with Crippen LogP contribution in [0, 0.1) is 0 Å². The Morgan fingerprint density at radius 1 is 1.38 bits per heavy atom. The van der Waals surface area contributed by atoms with Gasteiger partial charge >= 0.3 is 0 Å². The van der Waals surface area contributed by atoms with Crippen LogP contribution in [0.1, 0.15) is 17.7 Å². The molecule has 1 aliphatic rings. The first-order valence-electron chi connectivity index (χ1n) is 4.63. The van der Waals surface area contributed by atoms with E-state index in [1.807, 2.05) is 18.3 Å². The zero-order chi connectivity index (χ0) is 9.10. The standard InChI is InChI=1S/C12H13N/c1-2-4-10-6-7-11-5-3-8-13-12(11)9-10/h2-5,8H,1,6-7,9H2/b10-4-. The molecule has 1 aromatic heterocycles. The van der Waals surface area contributed by atoms with Crippen molar-refractivity contribution in [3.63, 3.8) is 0 Å². The van der Waals surface area contributed by atoms with Gasteiger partial charge in [0.25, 0.3) is 0 Å². The maximum atomic E-state index is 4.38. The maximum Gasteiger partial charge on any atom is 0.0476 e. The molecule has 0 bridgehead atoms. The molecule has 0 saturated carbocycles. The monoisotopic (exact) mass is 171 g/mol. The van der Waals surface area contributed by atoms with Crippen molar-refractivity contribution in [2.75, 3.05) is 0 Å². The first kappa shape index (κ1) is 8.24. The van der Waals surface area contributed by atoms with Crippen molar-refractivity contribution >= 4 is 0 Å². The number of pyridine rings is 1. The molecular weight excluding hydrogens is 158 g/mol. The Morgan fingerprint density at radius 3 is 3.15 bits per heavy atom. The smallest absolute Gasteiger partial charge is 0.0476 e. The van der Waals surface area contributed by atoms with Gasteiger partial charge in [-0.1, -0.05) is 30.4 Å². The number of nitrogens with zero attached hydrogens (tertiary/aromatic N) is 1. The summed E-state index contributed by atoms with van der Waals surface area (Å²) >= 11 is 0. The number of hydrogen-bond donors (Lipinski definition) is 0. The van der Waals surface area contributed by atoms with Gasteiger partial charge in [0.2, 0.25) is 0 Å². The third kappa shape index (κ3) is 1.69. The van der Waals surface area contributed by atoms with E-state index in [0.29, 0.717) is 0 Å². The molecule has 1 aromatic rings. The van der Waals surface area contributed by atoms with Crippen molar-refractivity contribution in [3.8, 4) is 0 Å². The van der Waals surface area contributed by atoms with Crippen molar-refractivity contribution in [1.29, 1.82) is 0 Å². The maximum absolute atomic E-state index is 4.38. The van der Waals surface area contributed by atoms with E-state index in [1.165, 1.54) is 16.8 Å². The third-order valence-electron chi connectivity index (χ3n) is 2.45. The summed E-state index contributed by atoms with van der Waals surface area (Å²) in [5.41, 5.74) is 4.09. The molecule has 2 rings (SSSR count). The van der Waals surface area contributed by atoms with Gasteiger partial charge in [-0.3, -0.25) is 4.98 Å². The van der Waals surface area contributed by atoms with Crippen LogP contribution in [0.4, 0.5) is 0 Å². The predicted octanol–water partition coefficient (Wildman–Crippen LogP) is 2.68. The lowest BCUT2D eigenvalue weighted by Gasteiger charge is -2.16. The predicted molar refractivity (Wildman–Crippen MR) is 54.5 cm³/mol. The Kier molecular flexibility index (Phi) is 2.26. The largest absolute Gasteiger partial charge is 0.261 e. The van der Waals surface area contributed by atoms with Gasteiger partial charge in [0.15, 0.2) is 0 Å². The zero-order valence-corrected chi connectivity index (χ0v) is 7.66. The topological polar surface area (TPSA) is 12.9 Å². The number of rotatable bonds is 1. The number of allylic oxidation sites excluding steroid dienone is 3. The van der Waals surface area contributed by atoms with Crippen LogP contribution in [0.2, 0.25) is 0 Å². The van der Waals surface area contributed by atoms with Gasteiger partial charge in [0.1, 0.15) is 0 Å². The highest BCUT2D eigenvalue weighted by molar-refractivity contribution is 5.31. The molecule has 0 N–H and O–H groups in total. The Hall–Kier alpha value is -1.37. The molecule has 1 nitrogen and oxygen atoms in total. The molecule has 0 radical (unpaired) electrons. The Balaban J connectivity index is 2.29. The minimum absolute atomic E-state index is 1.00. The highest BCUT2D eigenvalue weighted by atomic mass is 14.7. The lowest BCUT2D eigenvalue weighted by molar-refractivity contribution is 0.808. The quantitative estimate of drug-likeness (QED) is 0.633. The molecule has 1 aliphatic carbocycles. The van der Waals surface area contributed by atoms with Gasteiger partial charge in [0, 0.05) is 18.3 Å². The average molecular weight is 171 g/mol. The summed E-state index contributed by atoms with van der Waals surface area (Å²) in [5.74, 6) is 0. The highest BCUT2D eigenvalue weighted by Gasteiger charge is 2.12. The molecule has 1 heteroatoms. The van der Waals surface area contributed by atoms with Gasteiger partial charge in [0.05, 0.1) is 0 Å². The molecule has 0 atom stereocenters. The molecule has 0 aromatic carbocycles. The number of fused-ring (bicyclic) bond motifs is 1. The molecule has 0 spiro atoms. The third-order valence-corrected chi connectivity index (χ3v) is 2.45. The van der Waals surface area contributed by atoms with Gasteiger partial charge in [-0.05, 0) is 24.5 Å². The second-order valence-corrected chi connectivity index (χ2v) is 3.35. The summed E-state index contributed by atoms with van der Waals surface area (Å²) < 4.78 is 0. The van der Waals surface area contributed by atoms with Gasteiger partial charge < -0.3 is 0 Å². The van der Waals surface area contributed by atoms with Gasteiger partial charge in [-0.25, -0.2) is 0 Å². The summed E-state index contributed by atoms with van der Waals surface area (Å²) in [5, 5.41) is 0. The van der Waals surface area contributed by atoms with Crippen molar-refractivity contribution in [1.82, 2.24) is 4.98 Å². The SMILES string of the molecule is C=C/C=C1/CCc2cccnc2C1. The van der Waals surface area contributed by atoms with E-state index in [-0.39, 0.29) is 0 Å². The summed E-state index contributed by atoms with van der Waals surface area (Å²) in [6, 6.07) is 4.19. The van der Waals surface area contributed by atoms with E-state index >= 15 is 0 Å². The fourth-order valence-corrected chi connectivity index (χ4v) is 1.77. The summed E-state index contributed by atoms with van der Waals surface area (Å²) in [4.78, 5) is 4.38. The molecule has 0 fully saturated rings. The number of hydrogen-bond acceptors (Lipinski definition) is 1. The average Bonchev–Trinajstić information content (AvgIpc) is 2.18.